The highest BCUT2D eigenvalue weighted by atomic mass is 35.5. The Balaban J connectivity index is 1.61. The molecular formula is C24H22Cl2N2O3. The zero-order valence-corrected chi connectivity index (χ0v) is 19.0. The second-order valence-electron chi connectivity index (χ2n) is 7.41. The molecule has 0 N–H and O–H groups in total. The van der Waals surface area contributed by atoms with Crippen LogP contribution in [0.15, 0.2) is 42.6 Å². The third-order valence-electron chi connectivity index (χ3n) is 5.59. The summed E-state index contributed by atoms with van der Waals surface area (Å²) in [6.45, 7) is 2.81. The summed E-state index contributed by atoms with van der Waals surface area (Å²) in [4.78, 5) is 19.3. The second kappa shape index (κ2) is 8.77. The van der Waals surface area contributed by atoms with Crippen LogP contribution in [0, 0.1) is 0 Å². The summed E-state index contributed by atoms with van der Waals surface area (Å²) in [5.41, 5.74) is 4.38. The number of rotatable bonds is 4. The Morgan fingerprint density at radius 3 is 2.48 bits per heavy atom. The molecule has 31 heavy (non-hydrogen) atoms. The Morgan fingerprint density at radius 1 is 1.10 bits per heavy atom. The predicted octanol–water partition coefficient (Wildman–Crippen LogP) is 5.55. The van der Waals surface area contributed by atoms with Gasteiger partial charge in [-0.3, -0.25) is 9.78 Å². The van der Waals surface area contributed by atoms with E-state index in [-0.39, 0.29) is 5.91 Å². The van der Waals surface area contributed by atoms with Crippen LogP contribution in [0.25, 0.3) is 16.5 Å². The monoisotopic (exact) mass is 456 g/mol. The van der Waals surface area contributed by atoms with Crippen molar-refractivity contribution in [1.29, 1.82) is 0 Å². The number of aromatic nitrogens is 1. The van der Waals surface area contributed by atoms with Gasteiger partial charge >= 0.3 is 0 Å². The van der Waals surface area contributed by atoms with Crippen LogP contribution in [0.3, 0.4) is 0 Å². The first-order valence-electron chi connectivity index (χ1n) is 9.87. The molecule has 1 aliphatic heterocycles. The van der Waals surface area contributed by atoms with Gasteiger partial charge in [0.2, 0.25) is 5.91 Å². The predicted molar refractivity (Wildman–Crippen MR) is 124 cm³/mol. The number of ether oxygens (including phenoxy) is 2. The standard InChI is InChI=1S/C24H22Cl2N2O3/c1-14(16-11-15-6-4-5-7-19(15)27-12-16)10-20(29)28-9-8-17-18(13-28)22(26)24(31-3)23(30-2)21(17)25/h4-7,10-12H,8-9,13H2,1-3H3/b14-10-. The van der Waals surface area contributed by atoms with E-state index >= 15 is 0 Å². The quantitative estimate of drug-likeness (QED) is 0.483. The van der Waals surface area contributed by atoms with Crippen molar-refractivity contribution in [2.24, 2.45) is 0 Å². The average molecular weight is 457 g/mol. The van der Waals surface area contributed by atoms with Gasteiger partial charge in [0.15, 0.2) is 11.5 Å². The number of hydrogen-bond donors (Lipinski definition) is 0. The first-order chi connectivity index (χ1) is 14.9. The van der Waals surface area contributed by atoms with Crippen molar-refractivity contribution in [3.8, 4) is 11.5 Å². The Kier molecular flexibility index (Phi) is 6.08. The van der Waals surface area contributed by atoms with Gasteiger partial charge in [-0.15, -0.1) is 0 Å². The number of methoxy groups -OCH3 is 2. The van der Waals surface area contributed by atoms with Gasteiger partial charge in [-0.25, -0.2) is 0 Å². The number of pyridine rings is 1. The van der Waals surface area contributed by atoms with E-state index in [2.05, 4.69) is 4.98 Å². The van der Waals surface area contributed by atoms with Gasteiger partial charge in [0.25, 0.3) is 0 Å². The van der Waals surface area contributed by atoms with E-state index in [9.17, 15) is 4.79 Å². The van der Waals surface area contributed by atoms with E-state index in [1.165, 1.54) is 14.2 Å². The maximum Gasteiger partial charge on any atom is 0.247 e. The van der Waals surface area contributed by atoms with Crippen LogP contribution in [0.4, 0.5) is 0 Å². The lowest BCUT2D eigenvalue weighted by atomic mass is 9.98. The molecule has 0 atom stereocenters. The van der Waals surface area contributed by atoms with E-state index < -0.39 is 0 Å². The van der Waals surface area contributed by atoms with E-state index in [0.29, 0.717) is 41.1 Å². The average Bonchev–Trinajstić information content (AvgIpc) is 2.80. The Morgan fingerprint density at radius 2 is 1.77 bits per heavy atom. The Labute approximate surface area is 191 Å². The normalized spacial score (nSPS) is 13.8. The molecule has 0 saturated heterocycles. The molecule has 1 aromatic heterocycles. The summed E-state index contributed by atoms with van der Waals surface area (Å²) >= 11 is 13.1. The van der Waals surface area contributed by atoms with Crippen molar-refractivity contribution in [3.05, 3.63) is 69.3 Å². The van der Waals surface area contributed by atoms with Crippen molar-refractivity contribution in [2.75, 3.05) is 20.8 Å². The number of carbonyl (C=O) groups is 1. The summed E-state index contributed by atoms with van der Waals surface area (Å²) in [7, 11) is 3.04. The van der Waals surface area contributed by atoms with Gasteiger partial charge in [-0.2, -0.15) is 0 Å². The molecule has 0 unspecified atom stereocenters. The van der Waals surface area contributed by atoms with Crippen LogP contribution >= 0.6 is 23.2 Å². The van der Waals surface area contributed by atoms with Gasteiger partial charge in [0, 0.05) is 30.7 Å². The SMILES string of the molecule is COc1c(Cl)c2c(c(Cl)c1OC)CN(C(=O)/C=C(/C)c1cnc3ccccc3c1)CC2. The largest absolute Gasteiger partial charge is 0.491 e. The molecule has 2 aromatic carbocycles. The smallest absolute Gasteiger partial charge is 0.247 e. The molecule has 0 bridgehead atoms. The summed E-state index contributed by atoms with van der Waals surface area (Å²) < 4.78 is 10.8. The third kappa shape index (κ3) is 3.95. The molecule has 0 spiro atoms. The number of para-hydroxylation sites is 1. The lowest BCUT2D eigenvalue weighted by Gasteiger charge is -2.31. The van der Waals surface area contributed by atoms with Crippen LogP contribution < -0.4 is 9.47 Å². The van der Waals surface area contributed by atoms with Crippen LogP contribution in [-0.2, 0) is 17.8 Å². The highest BCUT2D eigenvalue weighted by molar-refractivity contribution is 6.37. The fourth-order valence-corrected chi connectivity index (χ4v) is 4.59. The molecule has 160 valence electrons. The third-order valence-corrected chi connectivity index (χ3v) is 6.39. The molecule has 0 fully saturated rings. The summed E-state index contributed by atoms with van der Waals surface area (Å²) in [6, 6.07) is 9.95. The number of nitrogens with zero attached hydrogens (tertiary/aromatic N) is 2. The second-order valence-corrected chi connectivity index (χ2v) is 8.16. The molecule has 1 aliphatic rings. The number of halogens is 2. The number of amides is 1. The first-order valence-corrected chi connectivity index (χ1v) is 10.6. The maximum atomic E-state index is 13.0. The van der Waals surface area contributed by atoms with E-state index in [0.717, 1.165) is 33.2 Å². The summed E-state index contributed by atoms with van der Waals surface area (Å²) in [5.74, 6) is 0.724. The fourth-order valence-electron chi connectivity index (χ4n) is 3.88. The van der Waals surface area contributed by atoms with Crippen molar-refractivity contribution in [3.63, 3.8) is 0 Å². The van der Waals surface area contributed by atoms with E-state index in [4.69, 9.17) is 32.7 Å². The molecule has 1 amide bonds. The summed E-state index contributed by atoms with van der Waals surface area (Å²) in [5, 5.41) is 1.95. The number of fused-ring (bicyclic) bond motifs is 2. The molecule has 0 radical (unpaired) electrons. The minimum Gasteiger partial charge on any atom is -0.491 e. The number of hydrogen-bond acceptors (Lipinski definition) is 4. The van der Waals surface area contributed by atoms with Crippen LogP contribution in [0.5, 0.6) is 11.5 Å². The lowest BCUT2D eigenvalue weighted by Crippen LogP contribution is -2.35. The highest BCUT2D eigenvalue weighted by Crippen LogP contribution is 2.47. The van der Waals surface area contributed by atoms with Crippen molar-refractivity contribution in [2.45, 2.75) is 19.9 Å². The van der Waals surface area contributed by atoms with Gasteiger partial charge in [0.1, 0.15) is 0 Å². The molecule has 0 aliphatic carbocycles. The Bertz CT molecular complexity index is 1210. The molecular weight excluding hydrogens is 435 g/mol. The highest BCUT2D eigenvalue weighted by Gasteiger charge is 2.29. The molecule has 3 aromatic rings. The van der Waals surface area contributed by atoms with Gasteiger partial charge < -0.3 is 14.4 Å². The molecule has 4 rings (SSSR count). The van der Waals surface area contributed by atoms with Gasteiger partial charge in [0.05, 0.1) is 29.8 Å². The molecule has 2 heterocycles. The van der Waals surface area contributed by atoms with Gasteiger partial charge in [-0.1, -0.05) is 41.4 Å². The minimum atomic E-state index is -0.0849. The number of benzene rings is 2. The summed E-state index contributed by atoms with van der Waals surface area (Å²) in [6.07, 6.45) is 4.03. The van der Waals surface area contributed by atoms with E-state index in [1.807, 2.05) is 37.3 Å². The molecule has 7 heteroatoms. The zero-order chi connectivity index (χ0) is 22.1. The first kappa shape index (κ1) is 21.5. The number of allylic oxidation sites excluding steroid dienone is 1. The van der Waals surface area contributed by atoms with Crippen LogP contribution in [0.2, 0.25) is 10.0 Å². The van der Waals surface area contributed by atoms with Gasteiger partial charge in [-0.05, 0) is 47.7 Å². The van der Waals surface area contributed by atoms with Crippen molar-refractivity contribution < 1.29 is 14.3 Å². The van der Waals surface area contributed by atoms with Crippen LogP contribution in [0.1, 0.15) is 23.6 Å². The van der Waals surface area contributed by atoms with E-state index in [1.54, 1.807) is 17.2 Å². The minimum absolute atomic E-state index is 0.0849. The maximum absolute atomic E-state index is 13.0. The molecule has 0 saturated carbocycles. The fraction of sp³-hybridized carbons (Fsp3) is 0.250. The molecule has 5 nitrogen and oxygen atoms in total. The van der Waals surface area contributed by atoms with Crippen molar-refractivity contribution >= 4 is 45.6 Å². The number of carbonyl (C=O) groups excluding carboxylic acids is 1. The topological polar surface area (TPSA) is 51.7 Å². The Hall–Kier alpha value is -2.76. The lowest BCUT2D eigenvalue weighted by molar-refractivity contribution is -0.126. The van der Waals surface area contributed by atoms with Crippen molar-refractivity contribution in [1.82, 2.24) is 9.88 Å². The zero-order valence-electron chi connectivity index (χ0n) is 17.5. The van der Waals surface area contributed by atoms with Crippen LogP contribution in [-0.4, -0.2) is 36.6 Å².